The summed E-state index contributed by atoms with van der Waals surface area (Å²) in [4.78, 5) is 35.0. The van der Waals surface area contributed by atoms with Crippen LogP contribution >= 0.6 is 0 Å². The van der Waals surface area contributed by atoms with Gasteiger partial charge in [-0.3, -0.25) is 19.4 Å². The summed E-state index contributed by atoms with van der Waals surface area (Å²) in [6.45, 7) is 20.4. The molecule has 5 rings (SSSR count). The van der Waals surface area contributed by atoms with Crippen molar-refractivity contribution in [2.45, 2.75) is 141 Å². The third kappa shape index (κ3) is 6.82. The number of hydrogen-bond acceptors (Lipinski definition) is 4. The molecule has 1 aromatic carbocycles. The predicted molar refractivity (Wildman–Crippen MR) is 179 cm³/mol. The Bertz CT molecular complexity index is 1210. The number of hydrogen-bond donors (Lipinski definition) is 0. The van der Waals surface area contributed by atoms with Crippen molar-refractivity contribution >= 4 is 11.8 Å². The molecule has 0 unspecified atom stereocenters. The highest BCUT2D eigenvalue weighted by molar-refractivity contribution is 5.80. The summed E-state index contributed by atoms with van der Waals surface area (Å²) in [5, 5.41) is 0. The van der Waals surface area contributed by atoms with E-state index in [4.69, 9.17) is 0 Å². The monoisotopic (exact) mass is 598 g/mol. The molecule has 6 nitrogen and oxygen atoms in total. The molecular weight excluding hydrogens is 544 g/mol. The zero-order chi connectivity index (χ0) is 31.9. The molecule has 0 aromatic heterocycles. The SMILES string of the molecule is CC1(C)CC(N2C=CC=CCC2=O)CC(C)(C)N1Cc1ccc(CN2C(C)(C)CC(N3C=CC=CCC3=O)CC2(C)C)cc1. The van der Waals surface area contributed by atoms with Gasteiger partial charge in [0.1, 0.15) is 0 Å². The molecule has 1 aromatic rings. The lowest BCUT2D eigenvalue weighted by atomic mass is 9.75. The molecule has 0 aliphatic carbocycles. The van der Waals surface area contributed by atoms with E-state index < -0.39 is 0 Å². The summed E-state index contributed by atoms with van der Waals surface area (Å²) in [6.07, 6.45) is 20.5. The molecule has 4 aliphatic heterocycles. The van der Waals surface area contributed by atoms with Gasteiger partial charge < -0.3 is 9.80 Å². The second-order valence-electron chi connectivity index (χ2n) is 15.9. The van der Waals surface area contributed by atoms with Crippen LogP contribution in [0.3, 0.4) is 0 Å². The fourth-order valence-electron chi connectivity index (χ4n) is 8.70. The van der Waals surface area contributed by atoms with Gasteiger partial charge in [0.25, 0.3) is 0 Å². The first-order valence-electron chi connectivity index (χ1n) is 16.5. The smallest absolute Gasteiger partial charge is 0.230 e. The van der Waals surface area contributed by atoms with Crippen LogP contribution in [-0.4, -0.2) is 65.7 Å². The van der Waals surface area contributed by atoms with Crippen molar-refractivity contribution in [1.82, 2.24) is 19.6 Å². The van der Waals surface area contributed by atoms with Crippen LogP contribution in [0.5, 0.6) is 0 Å². The van der Waals surface area contributed by atoms with Crippen molar-refractivity contribution in [3.63, 3.8) is 0 Å². The molecule has 2 amide bonds. The minimum atomic E-state index is -0.0582. The van der Waals surface area contributed by atoms with Crippen molar-refractivity contribution in [2.75, 3.05) is 0 Å². The lowest BCUT2D eigenvalue weighted by Crippen LogP contribution is -2.63. The van der Waals surface area contributed by atoms with Gasteiger partial charge >= 0.3 is 0 Å². The number of piperidine rings is 2. The molecular formula is C38H54N4O2. The number of rotatable bonds is 6. The Kier molecular flexibility index (Phi) is 8.91. The molecule has 0 bridgehead atoms. The highest BCUT2D eigenvalue weighted by Crippen LogP contribution is 2.43. The van der Waals surface area contributed by atoms with Gasteiger partial charge in [-0.15, -0.1) is 0 Å². The molecule has 0 spiro atoms. The summed E-state index contributed by atoms with van der Waals surface area (Å²) >= 11 is 0. The van der Waals surface area contributed by atoms with E-state index in [1.165, 1.54) is 11.1 Å². The highest BCUT2D eigenvalue weighted by Gasteiger charge is 2.48. The summed E-state index contributed by atoms with van der Waals surface area (Å²) in [7, 11) is 0. The summed E-state index contributed by atoms with van der Waals surface area (Å²) in [5.41, 5.74) is 2.41. The van der Waals surface area contributed by atoms with E-state index in [-0.39, 0.29) is 46.1 Å². The van der Waals surface area contributed by atoms with E-state index in [9.17, 15) is 9.59 Å². The average molecular weight is 599 g/mol. The Morgan fingerprint density at radius 2 is 0.864 bits per heavy atom. The largest absolute Gasteiger partial charge is 0.316 e. The molecule has 2 saturated heterocycles. The Balaban J connectivity index is 1.26. The van der Waals surface area contributed by atoms with Gasteiger partial charge in [-0.1, -0.05) is 48.6 Å². The van der Waals surface area contributed by atoms with Gasteiger partial charge in [0.05, 0.1) is 0 Å². The van der Waals surface area contributed by atoms with Crippen LogP contribution in [0.1, 0.15) is 105 Å². The van der Waals surface area contributed by atoms with Gasteiger partial charge in [0.15, 0.2) is 0 Å². The first-order chi connectivity index (χ1) is 20.6. The maximum Gasteiger partial charge on any atom is 0.230 e. The molecule has 4 aliphatic rings. The maximum absolute atomic E-state index is 12.9. The Morgan fingerprint density at radius 3 is 1.18 bits per heavy atom. The minimum absolute atomic E-state index is 0.0582. The van der Waals surface area contributed by atoms with Gasteiger partial charge in [-0.2, -0.15) is 0 Å². The van der Waals surface area contributed by atoms with Gasteiger partial charge in [-0.05, 0) is 104 Å². The van der Waals surface area contributed by atoms with Crippen molar-refractivity contribution < 1.29 is 9.59 Å². The second kappa shape index (κ2) is 12.1. The topological polar surface area (TPSA) is 47.1 Å². The van der Waals surface area contributed by atoms with E-state index in [2.05, 4.69) is 89.5 Å². The standard InChI is InChI=1S/C38H54N4O2/c1-35(2)23-31(39-21-13-9-11-15-33(39)43)24-36(3,4)41(35)27-29-17-19-30(20-18-29)28-42-37(5,6)25-32(26-38(42,7)8)40-22-14-10-12-16-34(40)44/h9-14,17-22,31-32H,15-16,23-28H2,1-8H3. The predicted octanol–water partition coefficient (Wildman–Crippen LogP) is 7.33. The maximum atomic E-state index is 12.9. The van der Waals surface area contributed by atoms with Gasteiger partial charge in [0, 0.05) is 72.6 Å². The molecule has 2 fully saturated rings. The fourth-order valence-corrected chi connectivity index (χ4v) is 8.70. The van der Waals surface area contributed by atoms with Crippen LogP contribution in [0.4, 0.5) is 0 Å². The molecule has 238 valence electrons. The number of amides is 2. The quantitative estimate of drug-likeness (QED) is 0.344. The lowest BCUT2D eigenvalue weighted by Gasteiger charge is -2.57. The van der Waals surface area contributed by atoms with Crippen LogP contribution in [0, 0.1) is 0 Å². The molecule has 0 atom stereocenters. The van der Waals surface area contributed by atoms with E-state index in [1.807, 2.05) is 58.7 Å². The number of carbonyl (C=O) groups excluding carboxylic acids is 2. The van der Waals surface area contributed by atoms with Gasteiger partial charge in [-0.25, -0.2) is 0 Å². The van der Waals surface area contributed by atoms with Crippen LogP contribution in [0.2, 0.25) is 0 Å². The normalized spacial score (nSPS) is 25.8. The third-order valence-electron chi connectivity index (χ3n) is 10.5. The van der Waals surface area contributed by atoms with E-state index in [0.717, 1.165) is 38.8 Å². The van der Waals surface area contributed by atoms with Gasteiger partial charge in [0.2, 0.25) is 11.8 Å². The first kappa shape index (κ1) is 32.4. The molecule has 0 N–H and O–H groups in total. The molecule has 44 heavy (non-hydrogen) atoms. The summed E-state index contributed by atoms with van der Waals surface area (Å²) in [6, 6.07) is 9.62. The number of benzene rings is 1. The van der Waals surface area contributed by atoms with Crippen LogP contribution in [0.25, 0.3) is 0 Å². The van der Waals surface area contributed by atoms with E-state index in [1.54, 1.807) is 0 Å². The molecule has 6 heteroatoms. The zero-order valence-corrected chi connectivity index (χ0v) is 28.3. The lowest BCUT2D eigenvalue weighted by molar-refractivity contribution is -0.135. The molecule has 4 heterocycles. The number of likely N-dealkylation sites (tertiary alicyclic amines) is 2. The van der Waals surface area contributed by atoms with Crippen molar-refractivity contribution in [3.8, 4) is 0 Å². The number of carbonyl (C=O) groups is 2. The van der Waals surface area contributed by atoms with Crippen molar-refractivity contribution in [1.29, 1.82) is 0 Å². The number of allylic oxidation sites excluding steroid dienone is 4. The Labute approximate surface area is 266 Å². The highest BCUT2D eigenvalue weighted by atomic mass is 16.2. The minimum Gasteiger partial charge on any atom is -0.316 e. The zero-order valence-electron chi connectivity index (χ0n) is 28.3. The third-order valence-corrected chi connectivity index (χ3v) is 10.5. The van der Waals surface area contributed by atoms with E-state index >= 15 is 0 Å². The van der Waals surface area contributed by atoms with Crippen molar-refractivity contribution in [2.24, 2.45) is 0 Å². The van der Waals surface area contributed by atoms with Crippen molar-refractivity contribution in [3.05, 3.63) is 84.2 Å². The second-order valence-corrected chi connectivity index (χ2v) is 15.9. The molecule has 0 radical (unpaired) electrons. The van der Waals surface area contributed by atoms with E-state index in [0.29, 0.717) is 12.8 Å². The Hall–Kier alpha value is -2.96. The first-order valence-corrected chi connectivity index (χ1v) is 16.5. The van der Waals surface area contributed by atoms with Crippen LogP contribution in [0.15, 0.2) is 73.1 Å². The summed E-state index contributed by atoms with van der Waals surface area (Å²) in [5.74, 6) is 0.381. The Morgan fingerprint density at radius 1 is 0.545 bits per heavy atom. The average Bonchev–Trinajstić information content (AvgIpc) is 3.27. The van der Waals surface area contributed by atoms with Crippen LogP contribution < -0.4 is 0 Å². The fraction of sp³-hybridized carbons (Fsp3) is 0.579. The van der Waals surface area contributed by atoms with Crippen LogP contribution in [-0.2, 0) is 22.7 Å². The molecule has 0 saturated carbocycles. The summed E-state index contributed by atoms with van der Waals surface area (Å²) < 4.78 is 0. The number of nitrogens with zero attached hydrogens (tertiary/aromatic N) is 4.